The zero-order valence-corrected chi connectivity index (χ0v) is 40.1. The van der Waals surface area contributed by atoms with Gasteiger partial charge in [0.05, 0.1) is 11.4 Å². The summed E-state index contributed by atoms with van der Waals surface area (Å²) in [5.41, 5.74) is 7.38. The van der Waals surface area contributed by atoms with E-state index in [1.165, 1.54) is 11.1 Å². The van der Waals surface area contributed by atoms with E-state index in [1.54, 1.807) is 24.8 Å². The first kappa shape index (κ1) is 48.7. The second-order valence-corrected chi connectivity index (χ2v) is 14.7. The van der Waals surface area contributed by atoms with Gasteiger partial charge < -0.3 is 10.2 Å². The number of benzene rings is 6. The summed E-state index contributed by atoms with van der Waals surface area (Å²) in [7, 11) is 0. The monoisotopic (exact) mass is 1220 g/mol. The molecule has 6 nitrogen and oxygen atoms in total. The third-order valence-corrected chi connectivity index (χ3v) is 10.7. The van der Waals surface area contributed by atoms with Crippen LogP contribution >= 0.6 is 0 Å². The molecule has 0 aliphatic rings. The maximum atomic E-state index is 11.8. The topological polar surface area (TPSA) is 92.0 Å². The second kappa shape index (κ2) is 23.9. The van der Waals surface area contributed by atoms with Crippen molar-refractivity contribution in [3.8, 4) is 33.6 Å². The van der Waals surface area contributed by atoms with Crippen LogP contribution in [0.5, 0.6) is 0 Å². The van der Waals surface area contributed by atoms with E-state index in [0.29, 0.717) is 11.4 Å². The van der Waals surface area contributed by atoms with Crippen molar-refractivity contribution in [1.82, 2.24) is 19.9 Å². The Morgan fingerprint density at radius 1 is 0.318 bits per heavy atom. The molecular weight excluding hydrogens is 1170 g/mol. The summed E-state index contributed by atoms with van der Waals surface area (Å²) in [5, 5.41) is 23.6. The van der Waals surface area contributed by atoms with Crippen LogP contribution in [0, 0.1) is 12.1 Å². The molecule has 0 atom stereocenters. The summed E-state index contributed by atoms with van der Waals surface area (Å²) in [6.45, 7) is 0. The maximum absolute atomic E-state index is 11.8. The standard InChI is InChI=1S/2C24H18NO.C10H8N2.2Pt/c2*26-24(20-13-6-2-7-14-20,21-15-8-3-9-16-21)23-18-10-17-22(25-23)19-11-4-1-5-12-19;1-5-11-6-2-9(1)10-3-7-12-8-4-10;;/h2*1-11,13-18,26H;1-8H;;/q2*-1;;;. The van der Waals surface area contributed by atoms with Crippen LogP contribution in [0.15, 0.2) is 255 Å². The third-order valence-electron chi connectivity index (χ3n) is 10.7. The Bertz CT molecular complexity index is 2660. The molecule has 2 N–H and O–H groups in total. The Balaban J connectivity index is 0.000000171. The van der Waals surface area contributed by atoms with E-state index in [2.05, 4.69) is 22.1 Å². The van der Waals surface area contributed by atoms with Crippen molar-refractivity contribution >= 4 is 0 Å². The van der Waals surface area contributed by atoms with Crippen molar-refractivity contribution in [3.05, 3.63) is 301 Å². The smallest absolute Gasteiger partial charge is 0.156 e. The van der Waals surface area contributed by atoms with Gasteiger partial charge in [0.25, 0.3) is 0 Å². The van der Waals surface area contributed by atoms with Crippen molar-refractivity contribution in [1.29, 1.82) is 0 Å². The zero-order chi connectivity index (χ0) is 43.9. The molecule has 330 valence electrons. The van der Waals surface area contributed by atoms with E-state index in [0.717, 1.165) is 44.8 Å². The van der Waals surface area contributed by atoms with Crippen LogP contribution < -0.4 is 0 Å². The Kier molecular flexibility index (Phi) is 17.7. The Labute approximate surface area is 415 Å². The van der Waals surface area contributed by atoms with Crippen molar-refractivity contribution in [2.45, 2.75) is 11.2 Å². The normalized spacial score (nSPS) is 10.6. The van der Waals surface area contributed by atoms with Crippen LogP contribution in [0.1, 0.15) is 33.6 Å². The van der Waals surface area contributed by atoms with Gasteiger partial charge in [-0.2, -0.15) is 0 Å². The van der Waals surface area contributed by atoms with Crippen LogP contribution in [0.3, 0.4) is 0 Å². The number of hydrogen-bond acceptors (Lipinski definition) is 6. The molecule has 0 aliphatic carbocycles. The van der Waals surface area contributed by atoms with Gasteiger partial charge in [-0.15, -0.1) is 71.8 Å². The summed E-state index contributed by atoms with van der Waals surface area (Å²) in [6, 6.07) is 79.8. The minimum Gasteiger partial charge on any atom is -0.374 e. The Morgan fingerprint density at radius 3 is 0.909 bits per heavy atom. The number of rotatable bonds is 9. The fourth-order valence-corrected chi connectivity index (χ4v) is 7.41. The first-order valence-corrected chi connectivity index (χ1v) is 20.9. The molecule has 0 bridgehead atoms. The van der Waals surface area contributed by atoms with Gasteiger partial charge in [0.15, 0.2) is 11.2 Å². The molecule has 8 heteroatoms. The minimum atomic E-state index is -1.33. The summed E-state index contributed by atoms with van der Waals surface area (Å²) in [6.07, 6.45) is 7.15. The first-order chi connectivity index (χ1) is 31.5. The Hall–Kier alpha value is -6.78. The molecule has 10 rings (SSSR count). The fourth-order valence-electron chi connectivity index (χ4n) is 7.41. The van der Waals surface area contributed by atoms with Crippen LogP contribution in [0.4, 0.5) is 0 Å². The molecule has 0 saturated carbocycles. The van der Waals surface area contributed by atoms with Gasteiger partial charge in [0, 0.05) is 66.9 Å². The average molecular weight is 1220 g/mol. The zero-order valence-electron chi connectivity index (χ0n) is 35.6. The molecule has 0 amide bonds. The van der Waals surface area contributed by atoms with Gasteiger partial charge in [-0.3, -0.25) is 19.9 Å². The summed E-state index contributed by atoms with van der Waals surface area (Å²) in [5.74, 6) is 0. The number of aliphatic hydroxyl groups is 2. The fraction of sp³-hybridized carbons (Fsp3) is 0.0345. The van der Waals surface area contributed by atoms with Crippen molar-refractivity contribution in [2.24, 2.45) is 0 Å². The van der Waals surface area contributed by atoms with E-state index in [4.69, 9.17) is 9.97 Å². The van der Waals surface area contributed by atoms with E-state index >= 15 is 0 Å². The van der Waals surface area contributed by atoms with Gasteiger partial charge in [0.2, 0.25) is 0 Å². The molecule has 66 heavy (non-hydrogen) atoms. The number of hydrogen-bond donors (Lipinski definition) is 2. The third kappa shape index (κ3) is 11.5. The van der Waals surface area contributed by atoms with Gasteiger partial charge >= 0.3 is 0 Å². The van der Waals surface area contributed by atoms with Gasteiger partial charge in [-0.05, 0) is 81.2 Å². The van der Waals surface area contributed by atoms with Crippen LogP contribution in [-0.4, -0.2) is 30.1 Å². The molecule has 4 heterocycles. The molecule has 0 spiro atoms. The first-order valence-electron chi connectivity index (χ1n) is 20.9. The van der Waals surface area contributed by atoms with Crippen molar-refractivity contribution < 1.29 is 52.3 Å². The van der Waals surface area contributed by atoms with Crippen molar-refractivity contribution in [3.63, 3.8) is 0 Å². The molecule has 0 aliphatic heterocycles. The molecule has 0 unspecified atom stereocenters. The molecule has 0 saturated heterocycles. The summed E-state index contributed by atoms with van der Waals surface area (Å²) in [4.78, 5) is 17.5. The van der Waals surface area contributed by atoms with E-state index in [1.807, 2.05) is 231 Å². The molecule has 4 aromatic heterocycles. The molecular formula is C58H44N4O2Pt2-2. The maximum Gasteiger partial charge on any atom is 0.156 e. The second-order valence-electron chi connectivity index (χ2n) is 14.7. The predicted octanol–water partition coefficient (Wildman–Crippen LogP) is 11.8. The molecule has 0 radical (unpaired) electrons. The molecule has 6 aromatic carbocycles. The minimum absolute atomic E-state index is 0. The summed E-state index contributed by atoms with van der Waals surface area (Å²) < 4.78 is 0. The SMILES string of the molecule is OC(c1ccccc1)(c1ccccc1)c1cccc(-c2[c-]cccc2)n1.OC(c1ccccc1)(c1ccccc1)c1cccc(-c2[c-]cccc2)n1.[Pt].[Pt].c1cc(-c2ccncc2)ccn1. The molecule has 10 aromatic rings. The van der Waals surface area contributed by atoms with Gasteiger partial charge in [0.1, 0.15) is 0 Å². The van der Waals surface area contributed by atoms with Crippen LogP contribution in [0.2, 0.25) is 0 Å². The van der Waals surface area contributed by atoms with Crippen LogP contribution in [-0.2, 0) is 53.3 Å². The summed E-state index contributed by atoms with van der Waals surface area (Å²) >= 11 is 0. The van der Waals surface area contributed by atoms with E-state index < -0.39 is 11.2 Å². The van der Waals surface area contributed by atoms with Gasteiger partial charge in [-0.25, -0.2) is 0 Å². The number of aromatic nitrogens is 4. The Morgan fingerprint density at radius 2 is 0.621 bits per heavy atom. The predicted molar refractivity (Wildman–Crippen MR) is 254 cm³/mol. The average Bonchev–Trinajstić information content (AvgIpc) is 3.40. The van der Waals surface area contributed by atoms with Gasteiger partial charge in [-0.1, -0.05) is 146 Å². The van der Waals surface area contributed by atoms with E-state index in [9.17, 15) is 10.2 Å². The van der Waals surface area contributed by atoms with Crippen molar-refractivity contribution in [2.75, 3.05) is 0 Å². The van der Waals surface area contributed by atoms with E-state index in [-0.39, 0.29) is 42.1 Å². The van der Waals surface area contributed by atoms with Crippen LogP contribution in [0.25, 0.3) is 33.6 Å². The molecule has 0 fully saturated rings. The largest absolute Gasteiger partial charge is 0.374 e. The number of nitrogens with zero attached hydrogens (tertiary/aromatic N) is 4. The number of pyridine rings is 4. The quantitative estimate of drug-likeness (QED) is 0.140.